The van der Waals surface area contributed by atoms with E-state index in [0.29, 0.717) is 27.6 Å². The normalized spacial score (nSPS) is 17.1. The van der Waals surface area contributed by atoms with Crippen LogP contribution in [0.3, 0.4) is 0 Å². The van der Waals surface area contributed by atoms with Crippen molar-refractivity contribution >= 4 is 27.6 Å². The fraction of sp³-hybridized carbons (Fsp3) is 0.375. The highest BCUT2D eigenvalue weighted by atomic mass is 19.4. The molecule has 0 spiro atoms. The van der Waals surface area contributed by atoms with Crippen LogP contribution in [0, 0.1) is 0 Å². The molecule has 3 heterocycles. The molecule has 1 fully saturated rings. The lowest BCUT2D eigenvalue weighted by Crippen LogP contribution is -2.44. The molecule has 126 valence electrons. The summed E-state index contributed by atoms with van der Waals surface area (Å²) in [6.07, 6.45) is -3.01. The SMILES string of the molecule is CN1CCN(c2nc3ccc(C(F)(F)F)cc3c3conc23)CC1. The van der Waals surface area contributed by atoms with Crippen molar-refractivity contribution in [2.75, 3.05) is 38.1 Å². The Labute approximate surface area is 135 Å². The average molecular weight is 336 g/mol. The molecule has 8 heteroatoms. The minimum Gasteiger partial charge on any atom is -0.363 e. The Balaban J connectivity index is 1.88. The summed E-state index contributed by atoms with van der Waals surface area (Å²) in [6.45, 7) is 3.37. The third kappa shape index (κ3) is 2.47. The molecule has 0 aliphatic carbocycles. The molecule has 0 amide bonds. The average Bonchev–Trinajstić information content (AvgIpc) is 3.03. The number of piperazine rings is 1. The maximum absolute atomic E-state index is 13.0. The molecule has 24 heavy (non-hydrogen) atoms. The van der Waals surface area contributed by atoms with Crippen molar-refractivity contribution in [3.05, 3.63) is 30.0 Å². The fourth-order valence-corrected chi connectivity index (χ4v) is 3.02. The van der Waals surface area contributed by atoms with Gasteiger partial charge in [0, 0.05) is 31.6 Å². The van der Waals surface area contributed by atoms with Crippen LogP contribution in [0.2, 0.25) is 0 Å². The first-order valence-corrected chi connectivity index (χ1v) is 7.62. The van der Waals surface area contributed by atoms with Gasteiger partial charge in [0.2, 0.25) is 0 Å². The lowest BCUT2D eigenvalue weighted by molar-refractivity contribution is -0.137. The topological polar surface area (TPSA) is 45.4 Å². The molecule has 0 N–H and O–H groups in total. The van der Waals surface area contributed by atoms with Crippen LogP contribution in [0.5, 0.6) is 0 Å². The highest BCUT2D eigenvalue weighted by molar-refractivity contribution is 6.08. The molecule has 1 aromatic carbocycles. The molecule has 3 aromatic rings. The molecule has 0 saturated carbocycles. The van der Waals surface area contributed by atoms with Gasteiger partial charge >= 0.3 is 6.18 Å². The molecule has 1 aliphatic rings. The van der Waals surface area contributed by atoms with Crippen molar-refractivity contribution in [2.24, 2.45) is 0 Å². The summed E-state index contributed by atoms with van der Waals surface area (Å²) in [5.41, 5.74) is 0.311. The Bertz CT molecular complexity index is 897. The van der Waals surface area contributed by atoms with Crippen molar-refractivity contribution in [1.82, 2.24) is 15.0 Å². The number of anilines is 1. The maximum atomic E-state index is 13.0. The van der Waals surface area contributed by atoms with Crippen molar-refractivity contribution in [2.45, 2.75) is 6.18 Å². The van der Waals surface area contributed by atoms with E-state index < -0.39 is 11.7 Å². The van der Waals surface area contributed by atoms with Crippen LogP contribution in [0.15, 0.2) is 29.0 Å². The van der Waals surface area contributed by atoms with E-state index >= 15 is 0 Å². The number of alkyl halides is 3. The van der Waals surface area contributed by atoms with E-state index in [9.17, 15) is 13.2 Å². The van der Waals surface area contributed by atoms with Gasteiger partial charge in [-0.15, -0.1) is 0 Å². The molecule has 4 rings (SSSR count). The summed E-state index contributed by atoms with van der Waals surface area (Å²) in [5.74, 6) is 0.666. The summed E-state index contributed by atoms with van der Waals surface area (Å²) in [4.78, 5) is 8.88. The first-order chi connectivity index (χ1) is 11.4. The number of hydrogen-bond donors (Lipinski definition) is 0. The number of rotatable bonds is 1. The third-order valence-corrected chi connectivity index (χ3v) is 4.42. The molecular weight excluding hydrogens is 321 g/mol. The highest BCUT2D eigenvalue weighted by Gasteiger charge is 2.31. The zero-order chi connectivity index (χ0) is 16.9. The van der Waals surface area contributed by atoms with Gasteiger partial charge in [-0.1, -0.05) is 5.16 Å². The summed E-state index contributed by atoms with van der Waals surface area (Å²) >= 11 is 0. The van der Waals surface area contributed by atoms with E-state index in [0.717, 1.165) is 38.3 Å². The van der Waals surface area contributed by atoms with Crippen LogP contribution >= 0.6 is 0 Å². The van der Waals surface area contributed by atoms with Crippen LogP contribution < -0.4 is 4.90 Å². The second-order valence-corrected chi connectivity index (χ2v) is 6.03. The van der Waals surface area contributed by atoms with Crippen LogP contribution in [-0.2, 0) is 6.18 Å². The van der Waals surface area contributed by atoms with E-state index in [-0.39, 0.29) is 0 Å². The lowest BCUT2D eigenvalue weighted by atomic mass is 10.1. The number of pyridine rings is 1. The van der Waals surface area contributed by atoms with E-state index in [2.05, 4.69) is 27.0 Å². The monoisotopic (exact) mass is 336 g/mol. The van der Waals surface area contributed by atoms with Crippen LogP contribution in [-0.4, -0.2) is 48.3 Å². The van der Waals surface area contributed by atoms with Gasteiger partial charge in [-0.25, -0.2) is 4.98 Å². The summed E-state index contributed by atoms with van der Waals surface area (Å²) in [7, 11) is 2.05. The van der Waals surface area contributed by atoms with Crippen LogP contribution in [0.1, 0.15) is 5.56 Å². The summed E-state index contributed by atoms with van der Waals surface area (Å²) in [6, 6.07) is 3.57. The molecule has 0 radical (unpaired) electrons. The summed E-state index contributed by atoms with van der Waals surface area (Å²) < 4.78 is 44.0. The van der Waals surface area contributed by atoms with Gasteiger partial charge in [0.05, 0.1) is 16.5 Å². The Morgan fingerprint density at radius 3 is 2.54 bits per heavy atom. The van der Waals surface area contributed by atoms with Gasteiger partial charge < -0.3 is 14.3 Å². The second-order valence-electron chi connectivity index (χ2n) is 6.03. The second kappa shape index (κ2) is 5.34. The number of nitrogens with zero attached hydrogens (tertiary/aromatic N) is 4. The third-order valence-electron chi connectivity index (χ3n) is 4.42. The molecule has 1 saturated heterocycles. The first kappa shape index (κ1) is 15.2. The number of likely N-dealkylation sites (N-methyl/N-ethyl adjacent to an activating group) is 1. The Morgan fingerprint density at radius 2 is 1.83 bits per heavy atom. The quantitative estimate of drug-likeness (QED) is 0.683. The Morgan fingerprint density at radius 1 is 1.08 bits per heavy atom. The van der Waals surface area contributed by atoms with E-state index in [1.54, 1.807) is 0 Å². The number of halogens is 3. The number of hydrogen-bond acceptors (Lipinski definition) is 5. The standard InChI is InChI=1S/C16H15F3N4O/c1-22-4-6-23(7-5-22)15-14-12(9-24-21-14)11-8-10(16(17,18)19)2-3-13(11)20-15/h2-3,8-9H,4-7H2,1H3. The fourth-order valence-electron chi connectivity index (χ4n) is 3.02. The Hall–Kier alpha value is -2.35. The van der Waals surface area contributed by atoms with Gasteiger partial charge in [-0.2, -0.15) is 13.2 Å². The molecule has 1 aliphatic heterocycles. The van der Waals surface area contributed by atoms with Gasteiger partial charge in [0.25, 0.3) is 0 Å². The molecule has 2 aromatic heterocycles. The van der Waals surface area contributed by atoms with Gasteiger partial charge in [0.1, 0.15) is 6.26 Å². The Kier molecular flexibility index (Phi) is 3.38. The molecule has 0 bridgehead atoms. The minimum atomic E-state index is -4.40. The molecule has 0 atom stereocenters. The molecule has 0 unspecified atom stereocenters. The smallest absolute Gasteiger partial charge is 0.363 e. The number of benzene rings is 1. The first-order valence-electron chi connectivity index (χ1n) is 7.62. The van der Waals surface area contributed by atoms with Crippen molar-refractivity contribution in [3.63, 3.8) is 0 Å². The van der Waals surface area contributed by atoms with Crippen molar-refractivity contribution in [3.8, 4) is 0 Å². The van der Waals surface area contributed by atoms with E-state index in [1.165, 1.54) is 12.3 Å². The predicted molar refractivity (Wildman–Crippen MR) is 84.0 cm³/mol. The van der Waals surface area contributed by atoms with Crippen molar-refractivity contribution in [1.29, 1.82) is 0 Å². The zero-order valence-corrected chi connectivity index (χ0v) is 13.0. The lowest BCUT2D eigenvalue weighted by Gasteiger charge is -2.33. The van der Waals surface area contributed by atoms with Gasteiger partial charge in [0.15, 0.2) is 11.3 Å². The number of aromatic nitrogens is 2. The van der Waals surface area contributed by atoms with Gasteiger partial charge in [-0.3, -0.25) is 0 Å². The highest BCUT2D eigenvalue weighted by Crippen LogP contribution is 2.35. The predicted octanol–water partition coefficient (Wildman–Crippen LogP) is 3.15. The van der Waals surface area contributed by atoms with Crippen LogP contribution in [0.4, 0.5) is 19.0 Å². The summed E-state index contributed by atoms with van der Waals surface area (Å²) in [5, 5.41) is 4.94. The largest absolute Gasteiger partial charge is 0.416 e. The van der Waals surface area contributed by atoms with Crippen LogP contribution in [0.25, 0.3) is 21.8 Å². The number of fused-ring (bicyclic) bond motifs is 3. The zero-order valence-electron chi connectivity index (χ0n) is 13.0. The maximum Gasteiger partial charge on any atom is 0.416 e. The van der Waals surface area contributed by atoms with E-state index in [1.807, 2.05) is 0 Å². The minimum absolute atomic E-state index is 0.402. The molecule has 5 nitrogen and oxygen atoms in total. The van der Waals surface area contributed by atoms with Gasteiger partial charge in [-0.05, 0) is 25.2 Å². The molecular formula is C16H15F3N4O. The van der Waals surface area contributed by atoms with E-state index in [4.69, 9.17) is 4.52 Å². The van der Waals surface area contributed by atoms with Crippen molar-refractivity contribution < 1.29 is 17.7 Å².